The average Bonchev–Trinajstić information content (AvgIpc) is 2.67. The molecule has 0 fully saturated rings. The summed E-state index contributed by atoms with van der Waals surface area (Å²) < 4.78 is 11.7. The second kappa shape index (κ2) is 10.3. The number of guanidine groups is 1. The van der Waals surface area contributed by atoms with Crippen LogP contribution in [0.4, 0.5) is 0 Å². The summed E-state index contributed by atoms with van der Waals surface area (Å²) >= 11 is 0. The van der Waals surface area contributed by atoms with Gasteiger partial charge in [-0.3, -0.25) is 0 Å². The average molecular weight is 467 g/mol. The molecule has 6 heteroatoms. The molecule has 2 atom stereocenters. The van der Waals surface area contributed by atoms with Crippen LogP contribution in [0.2, 0.25) is 0 Å². The van der Waals surface area contributed by atoms with Gasteiger partial charge in [0.25, 0.3) is 0 Å². The summed E-state index contributed by atoms with van der Waals surface area (Å²) in [6.07, 6.45) is -0.0858. The Morgan fingerprint density at radius 2 is 1.81 bits per heavy atom. The van der Waals surface area contributed by atoms with Crippen molar-refractivity contribution in [3.8, 4) is 11.5 Å². The lowest BCUT2D eigenvalue weighted by molar-refractivity contribution is 0.0971. The molecular formula is C20H26IN3O2. The lowest BCUT2D eigenvalue weighted by Crippen LogP contribution is -2.40. The summed E-state index contributed by atoms with van der Waals surface area (Å²) in [6.45, 7) is 6.02. The third-order valence-electron chi connectivity index (χ3n) is 4.02. The first kappa shape index (κ1) is 20.4. The Labute approximate surface area is 172 Å². The highest BCUT2D eigenvalue weighted by Crippen LogP contribution is 2.30. The Bertz CT molecular complexity index is 709. The van der Waals surface area contributed by atoms with Gasteiger partial charge in [0.2, 0.25) is 0 Å². The van der Waals surface area contributed by atoms with Crippen LogP contribution in [0.25, 0.3) is 0 Å². The fourth-order valence-electron chi connectivity index (χ4n) is 2.70. The largest absolute Gasteiger partial charge is 0.486 e. The number of hydrogen-bond donors (Lipinski definition) is 2. The van der Waals surface area contributed by atoms with Crippen molar-refractivity contribution in [2.75, 3.05) is 19.7 Å². The first-order valence-electron chi connectivity index (χ1n) is 8.74. The van der Waals surface area contributed by atoms with Crippen molar-refractivity contribution in [2.45, 2.75) is 26.0 Å². The Hall–Kier alpha value is -1.96. The fourth-order valence-corrected chi connectivity index (χ4v) is 2.70. The summed E-state index contributed by atoms with van der Waals surface area (Å²) in [5.41, 5.74) is 1.22. The third-order valence-corrected chi connectivity index (χ3v) is 4.02. The van der Waals surface area contributed by atoms with Gasteiger partial charge >= 0.3 is 0 Å². The van der Waals surface area contributed by atoms with E-state index in [2.05, 4.69) is 41.6 Å². The van der Waals surface area contributed by atoms with Crippen molar-refractivity contribution in [3.05, 3.63) is 60.2 Å². The Morgan fingerprint density at radius 3 is 2.54 bits per heavy atom. The lowest BCUT2D eigenvalue weighted by atomic mass is 10.1. The predicted molar refractivity (Wildman–Crippen MR) is 116 cm³/mol. The second-order valence-corrected chi connectivity index (χ2v) is 5.99. The van der Waals surface area contributed by atoms with Crippen LogP contribution in [-0.2, 0) is 0 Å². The molecule has 3 rings (SSSR count). The molecule has 0 amide bonds. The molecular weight excluding hydrogens is 441 g/mol. The van der Waals surface area contributed by atoms with Gasteiger partial charge in [-0.2, -0.15) is 0 Å². The van der Waals surface area contributed by atoms with Crippen LogP contribution in [0.15, 0.2) is 59.6 Å². The van der Waals surface area contributed by atoms with Gasteiger partial charge < -0.3 is 20.1 Å². The fraction of sp³-hybridized carbons (Fsp3) is 0.350. The maximum atomic E-state index is 5.96. The first-order valence-corrected chi connectivity index (χ1v) is 8.74. The van der Waals surface area contributed by atoms with Crippen molar-refractivity contribution in [1.82, 2.24) is 10.6 Å². The predicted octanol–water partition coefficient (Wildman–Crippen LogP) is 3.76. The molecule has 1 heterocycles. The minimum Gasteiger partial charge on any atom is -0.486 e. The van der Waals surface area contributed by atoms with E-state index in [0.717, 1.165) is 24.0 Å². The summed E-state index contributed by atoms with van der Waals surface area (Å²) in [4.78, 5) is 4.66. The Morgan fingerprint density at radius 1 is 1.12 bits per heavy atom. The lowest BCUT2D eigenvalue weighted by Gasteiger charge is -2.26. The van der Waals surface area contributed by atoms with E-state index in [1.165, 1.54) is 5.56 Å². The molecule has 1 aliphatic heterocycles. The maximum absolute atomic E-state index is 5.96. The van der Waals surface area contributed by atoms with Crippen molar-refractivity contribution in [3.63, 3.8) is 0 Å². The molecule has 26 heavy (non-hydrogen) atoms. The number of nitrogens with one attached hydrogen (secondary N) is 2. The summed E-state index contributed by atoms with van der Waals surface area (Å²) in [5.74, 6) is 2.36. The molecule has 1 aliphatic rings. The number of benzene rings is 2. The molecule has 2 unspecified atom stereocenters. The highest BCUT2D eigenvalue weighted by molar-refractivity contribution is 14.0. The number of aliphatic imine (C=N–C) groups is 1. The second-order valence-electron chi connectivity index (χ2n) is 5.99. The molecule has 0 bridgehead atoms. The van der Waals surface area contributed by atoms with Crippen LogP contribution in [0.1, 0.15) is 25.5 Å². The summed E-state index contributed by atoms with van der Waals surface area (Å²) in [7, 11) is 0. The van der Waals surface area contributed by atoms with Crippen LogP contribution < -0.4 is 20.1 Å². The normalized spacial score (nSPS) is 17.0. The molecule has 2 aromatic rings. The summed E-state index contributed by atoms with van der Waals surface area (Å²) in [5, 5.41) is 6.72. The van der Waals surface area contributed by atoms with Crippen LogP contribution in [0.5, 0.6) is 11.5 Å². The number of hydrogen-bond acceptors (Lipinski definition) is 3. The number of nitrogens with zero attached hydrogens (tertiary/aromatic N) is 1. The van der Waals surface area contributed by atoms with Gasteiger partial charge in [0.15, 0.2) is 23.6 Å². The van der Waals surface area contributed by atoms with Gasteiger partial charge in [-0.05, 0) is 31.5 Å². The highest BCUT2D eigenvalue weighted by atomic mass is 127. The standard InChI is InChI=1S/C20H25N3O2.HI/c1-3-21-20(23-15(2)16-9-5-4-6-10-16)22-13-17-14-24-18-11-7-8-12-19(18)25-17;/h4-12,15,17H,3,13-14H2,1-2H3,(H2,21,22,23);1H. The highest BCUT2D eigenvalue weighted by Gasteiger charge is 2.20. The van der Waals surface area contributed by atoms with E-state index in [0.29, 0.717) is 13.2 Å². The topological polar surface area (TPSA) is 54.9 Å². The van der Waals surface area contributed by atoms with Gasteiger partial charge in [0, 0.05) is 6.54 Å². The van der Waals surface area contributed by atoms with E-state index in [1.54, 1.807) is 0 Å². The minimum absolute atomic E-state index is 0. The molecule has 0 saturated heterocycles. The monoisotopic (exact) mass is 467 g/mol. The van der Waals surface area contributed by atoms with Gasteiger partial charge in [-0.1, -0.05) is 42.5 Å². The molecule has 0 aromatic heterocycles. The van der Waals surface area contributed by atoms with Gasteiger partial charge in [0.05, 0.1) is 12.6 Å². The number of ether oxygens (including phenoxy) is 2. The molecule has 5 nitrogen and oxygen atoms in total. The molecule has 0 saturated carbocycles. The van der Waals surface area contributed by atoms with Crippen molar-refractivity contribution < 1.29 is 9.47 Å². The van der Waals surface area contributed by atoms with E-state index >= 15 is 0 Å². The third kappa shape index (κ3) is 5.52. The number of halogens is 1. The van der Waals surface area contributed by atoms with Gasteiger partial charge in [0.1, 0.15) is 6.61 Å². The van der Waals surface area contributed by atoms with Crippen LogP contribution in [0.3, 0.4) is 0 Å². The van der Waals surface area contributed by atoms with Gasteiger partial charge in [-0.25, -0.2) is 4.99 Å². The molecule has 2 N–H and O–H groups in total. The van der Waals surface area contributed by atoms with E-state index in [9.17, 15) is 0 Å². The molecule has 140 valence electrons. The number of para-hydroxylation sites is 2. The molecule has 2 aromatic carbocycles. The number of fused-ring (bicyclic) bond motifs is 1. The van der Waals surface area contributed by atoms with Crippen molar-refractivity contribution in [2.24, 2.45) is 4.99 Å². The molecule has 0 radical (unpaired) electrons. The zero-order chi connectivity index (χ0) is 17.5. The summed E-state index contributed by atoms with van der Waals surface area (Å²) in [6, 6.07) is 18.2. The minimum atomic E-state index is -0.0858. The van der Waals surface area contributed by atoms with Gasteiger partial charge in [-0.15, -0.1) is 24.0 Å². The molecule has 0 aliphatic carbocycles. The van der Waals surface area contributed by atoms with E-state index in [1.807, 2.05) is 42.5 Å². The Balaban J connectivity index is 0.00000243. The molecule has 0 spiro atoms. The first-order chi connectivity index (χ1) is 12.3. The smallest absolute Gasteiger partial charge is 0.191 e. The van der Waals surface area contributed by atoms with E-state index in [4.69, 9.17) is 9.47 Å². The van der Waals surface area contributed by atoms with Crippen molar-refractivity contribution >= 4 is 29.9 Å². The maximum Gasteiger partial charge on any atom is 0.191 e. The van der Waals surface area contributed by atoms with E-state index in [-0.39, 0.29) is 36.1 Å². The van der Waals surface area contributed by atoms with E-state index < -0.39 is 0 Å². The van der Waals surface area contributed by atoms with Crippen molar-refractivity contribution in [1.29, 1.82) is 0 Å². The zero-order valence-electron chi connectivity index (χ0n) is 15.1. The van der Waals surface area contributed by atoms with Crippen LogP contribution >= 0.6 is 24.0 Å². The van der Waals surface area contributed by atoms with Crippen LogP contribution in [0, 0.1) is 0 Å². The zero-order valence-corrected chi connectivity index (χ0v) is 17.5. The SMILES string of the molecule is CCNC(=NCC1COc2ccccc2O1)NC(C)c1ccccc1.I. The van der Waals surface area contributed by atoms with Crippen LogP contribution in [-0.4, -0.2) is 31.8 Å². The Kier molecular flexibility index (Phi) is 8.03. The number of rotatable bonds is 5. The quantitative estimate of drug-likeness (QED) is 0.400.